The van der Waals surface area contributed by atoms with Gasteiger partial charge in [0.15, 0.2) is 6.10 Å². The fraction of sp³-hybridized carbons (Fsp3) is 0.785. The molecule has 0 aromatic heterocycles. The van der Waals surface area contributed by atoms with Gasteiger partial charge in [-0.2, -0.15) is 0 Å². The molecular weight excluding hydrogens is 954 g/mol. The van der Waals surface area contributed by atoms with E-state index in [9.17, 15) is 19.0 Å². The molecule has 0 radical (unpaired) electrons. The molecule has 0 aliphatic rings. The predicted octanol–water partition coefficient (Wildman–Crippen LogP) is 20.1. The van der Waals surface area contributed by atoms with Crippen molar-refractivity contribution in [1.82, 2.24) is 0 Å². The van der Waals surface area contributed by atoms with E-state index >= 15 is 0 Å². The number of rotatable bonds is 59. The Morgan fingerprint density at radius 2 is 0.733 bits per heavy atom. The molecule has 0 spiro atoms. The summed E-state index contributed by atoms with van der Waals surface area (Å²) in [6.45, 7) is 3.65. The smallest absolute Gasteiger partial charge is 0.462 e. The Labute approximate surface area is 462 Å². The van der Waals surface area contributed by atoms with Gasteiger partial charge in [-0.3, -0.25) is 18.6 Å². The molecule has 3 N–H and O–H groups in total. The minimum Gasteiger partial charge on any atom is -0.462 e. The van der Waals surface area contributed by atoms with Crippen molar-refractivity contribution < 1.29 is 37.6 Å². The molecule has 0 aromatic rings. The third kappa shape index (κ3) is 60.5. The van der Waals surface area contributed by atoms with E-state index in [2.05, 4.69) is 86.8 Å². The normalized spacial score (nSPS) is 13.5. The van der Waals surface area contributed by atoms with Crippen molar-refractivity contribution in [2.45, 2.75) is 302 Å². The SMILES string of the molecule is CC/C=C\C/C=C\C/C=C\C/C=C\C/C=C\C/C=C\CCCCCCCCC(=O)OC(COC(=O)CCCCCCCCCCCCCCCCCCCCCCCCCCCCCCC)COP(=O)(O)OCCN. The van der Waals surface area contributed by atoms with Crippen LogP contribution in [-0.4, -0.2) is 49.3 Å². The average Bonchev–Trinajstić information content (AvgIpc) is 3.40. The summed E-state index contributed by atoms with van der Waals surface area (Å²) in [5, 5.41) is 0. The van der Waals surface area contributed by atoms with Gasteiger partial charge in [-0.05, 0) is 64.2 Å². The molecular formula is C65H118NO8P. The van der Waals surface area contributed by atoms with Crippen LogP contribution in [-0.2, 0) is 32.7 Å². The van der Waals surface area contributed by atoms with Gasteiger partial charge in [-0.15, -0.1) is 0 Å². The Bertz CT molecular complexity index is 1460. The van der Waals surface area contributed by atoms with Crippen molar-refractivity contribution in [1.29, 1.82) is 0 Å². The van der Waals surface area contributed by atoms with Crippen molar-refractivity contribution in [3.63, 3.8) is 0 Å². The van der Waals surface area contributed by atoms with Gasteiger partial charge >= 0.3 is 19.8 Å². The Kier molecular flexibility index (Phi) is 58.6. The number of carbonyl (C=O) groups excluding carboxylic acids is 2. The molecule has 0 aliphatic heterocycles. The Hall–Kier alpha value is -2.55. The first-order valence-corrected chi connectivity index (χ1v) is 32.9. The molecule has 0 rings (SSSR count). The van der Waals surface area contributed by atoms with Crippen LogP contribution >= 0.6 is 7.82 Å². The molecule has 0 bridgehead atoms. The van der Waals surface area contributed by atoms with Crippen LogP contribution < -0.4 is 5.73 Å². The van der Waals surface area contributed by atoms with Gasteiger partial charge in [0.25, 0.3) is 0 Å². The number of allylic oxidation sites excluding steroid dienone is 12. The lowest BCUT2D eigenvalue weighted by Gasteiger charge is -2.19. The zero-order valence-electron chi connectivity index (χ0n) is 48.8. The molecule has 0 saturated heterocycles. The van der Waals surface area contributed by atoms with Crippen molar-refractivity contribution in [3.8, 4) is 0 Å². The maximum atomic E-state index is 12.7. The van der Waals surface area contributed by atoms with E-state index < -0.39 is 26.5 Å². The van der Waals surface area contributed by atoms with Crippen LogP contribution in [0.1, 0.15) is 296 Å². The lowest BCUT2D eigenvalue weighted by molar-refractivity contribution is -0.161. The molecule has 436 valence electrons. The highest BCUT2D eigenvalue weighted by atomic mass is 31.2. The molecule has 0 saturated carbocycles. The van der Waals surface area contributed by atoms with Gasteiger partial charge in [0.05, 0.1) is 13.2 Å². The predicted molar refractivity (Wildman–Crippen MR) is 321 cm³/mol. The minimum absolute atomic E-state index is 0.0487. The molecule has 0 heterocycles. The number of unbranched alkanes of at least 4 members (excludes halogenated alkanes) is 34. The monoisotopic (exact) mass is 1070 g/mol. The number of phosphoric acid groups is 1. The maximum absolute atomic E-state index is 12.7. The summed E-state index contributed by atoms with van der Waals surface area (Å²) in [6, 6.07) is 0. The van der Waals surface area contributed by atoms with E-state index in [1.807, 2.05) is 0 Å². The van der Waals surface area contributed by atoms with Crippen LogP contribution in [0.5, 0.6) is 0 Å². The number of phosphoric ester groups is 1. The highest BCUT2D eigenvalue weighted by molar-refractivity contribution is 7.47. The highest BCUT2D eigenvalue weighted by Crippen LogP contribution is 2.43. The van der Waals surface area contributed by atoms with Crippen LogP contribution in [0, 0.1) is 0 Å². The summed E-state index contributed by atoms with van der Waals surface area (Å²) >= 11 is 0. The lowest BCUT2D eigenvalue weighted by Crippen LogP contribution is -2.29. The van der Waals surface area contributed by atoms with Crippen molar-refractivity contribution in [3.05, 3.63) is 72.9 Å². The van der Waals surface area contributed by atoms with Crippen molar-refractivity contribution >= 4 is 19.8 Å². The Balaban J connectivity index is 3.94. The third-order valence-electron chi connectivity index (χ3n) is 13.6. The number of nitrogens with two attached hydrogens (primary N) is 1. The van der Waals surface area contributed by atoms with E-state index in [0.717, 1.165) is 96.3 Å². The second-order valence-electron chi connectivity index (χ2n) is 20.9. The summed E-state index contributed by atoms with van der Waals surface area (Å²) in [4.78, 5) is 35.3. The summed E-state index contributed by atoms with van der Waals surface area (Å²) in [5.41, 5.74) is 5.39. The fourth-order valence-electron chi connectivity index (χ4n) is 9.00. The number of ether oxygens (including phenoxy) is 2. The first-order chi connectivity index (χ1) is 36.8. The quantitative estimate of drug-likeness (QED) is 0.0264. The number of esters is 2. The molecule has 2 atom stereocenters. The van der Waals surface area contributed by atoms with Gasteiger partial charge in [0.1, 0.15) is 6.61 Å². The van der Waals surface area contributed by atoms with E-state index in [1.54, 1.807) is 0 Å². The van der Waals surface area contributed by atoms with Crippen LogP contribution in [0.4, 0.5) is 0 Å². The van der Waals surface area contributed by atoms with E-state index in [4.69, 9.17) is 24.3 Å². The zero-order chi connectivity index (χ0) is 54.5. The van der Waals surface area contributed by atoms with Crippen molar-refractivity contribution in [2.75, 3.05) is 26.4 Å². The maximum Gasteiger partial charge on any atom is 0.472 e. The van der Waals surface area contributed by atoms with Crippen LogP contribution in [0.3, 0.4) is 0 Å². The summed E-state index contributed by atoms with van der Waals surface area (Å²) in [5.74, 6) is -0.836. The van der Waals surface area contributed by atoms with Gasteiger partial charge in [0, 0.05) is 19.4 Å². The third-order valence-corrected chi connectivity index (χ3v) is 14.6. The van der Waals surface area contributed by atoms with Crippen LogP contribution in [0.25, 0.3) is 0 Å². The largest absolute Gasteiger partial charge is 0.472 e. The molecule has 0 aromatic carbocycles. The second-order valence-corrected chi connectivity index (χ2v) is 22.4. The first kappa shape index (κ1) is 72.5. The molecule has 75 heavy (non-hydrogen) atoms. The molecule has 0 fully saturated rings. The van der Waals surface area contributed by atoms with Crippen LogP contribution in [0.2, 0.25) is 0 Å². The standard InChI is InChI=1S/C65H118NO8P/c1-3-5-7-9-11-13-15-17-19-21-23-25-27-29-30-31-32-34-35-37-39-41-43-45-47-49-51-53-55-57-64(67)71-61-63(62-73-75(69,70)72-60-59-66)74-65(68)58-56-54-52-50-48-46-44-42-40-38-36-33-28-26-24-22-20-18-16-14-12-10-8-6-4-2/h6,8,12,14,18,20,24,26,33,36,40,42,63H,3-5,7,9-11,13,15-17,19,21-23,25,27-32,34-35,37-39,41,43-62,66H2,1-2H3,(H,69,70)/b8-6-,14-12-,20-18-,26-24-,36-33-,42-40-. The Morgan fingerprint density at radius 1 is 0.413 bits per heavy atom. The zero-order valence-corrected chi connectivity index (χ0v) is 49.7. The Morgan fingerprint density at radius 3 is 1.09 bits per heavy atom. The van der Waals surface area contributed by atoms with E-state index in [1.165, 1.54) is 167 Å². The number of carbonyl (C=O) groups is 2. The minimum atomic E-state index is -4.40. The highest BCUT2D eigenvalue weighted by Gasteiger charge is 2.26. The van der Waals surface area contributed by atoms with E-state index in [0.29, 0.717) is 6.42 Å². The summed E-state index contributed by atoms with van der Waals surface area (Å²) in [7, 11) is -4.40. The van der Waals surface area contributed by atoms with Gasteiger partial charge in [-0.1, -0.05) is 292 Å². The van der Waals surface area contributed by atoms with Gasteiger partial charge in [-0.25, -0.2) is 4.57 Å². The van der Waals surface area contributed by atoms with Gasteiger partial charge in [0.2, 0.25) is 0 Å². The van der Waals surface area contributed by atoms with E-state index in [-0.39, 0.29) is 38.6 Å². The number of hydrogen-bond donors (Lipinski definition) is 2. The van der Waals surface area contributed by atoms with Crippen molar-refractivity contribution in [2.24, 2.45) is 5.73 Å². The second kappa shape index (κ2) is 60.7. The molecule has 9 nitrogen and oxygen atoms in total. The number of hydrogen-bond acceptors (Lipinski definition) is 8. The average molecular weight is 1070 g/mol. The molecule has 0 amide bonds. The topological polar surface area (TPSA) is 134 Å². The summed E-state index contributed by atoms with van der Waals surface area (Å²) < 4.78 is 33.1. The fourth-order valence-corrected chi connectivity index (χ4v) is 9.76. The molecule has 2 unspecified atom stereocenters. The summed E-state index contributed by atoms with van der Waals surface area (Å²) in [6.07, 6.45) is 78.3. The van der Waals surface area contributed by atoms with Crippen LogP contribution in [0.15, 0.2) is 72.9 Å². The molecule has 0 aliphatic carbocycles. The molecule has 10 heteroatoms. The lowest BCUT2D eigenvalue weighted by atomic mass is 10.0. The van der Waals surface area contributed by atoms with Gasteiger partial charge < -0.3 is 20.1 Å². The first-order valence-electron chi connectivity index (χ1n) is 31.4.